The highest BCUT2D eigenvalue weighted by atomic mass is 127. The van der Waals surface area contributed by atoms with E-state index in [1.165, 1.54) is 0 Å². The molecule has 1 fully saturated rings. The molecule has 1 heterocycles. The van der Waals surface area contributed by atoms with Crippen LogP contribution in [0.3, 0.4) is 0 Å². The average Bonchev–Trinajstić information content (AvgIpc) is 2.33. The van der Waals surface area contributed by atoms with Gasteiger partial charge in [0, 0.05) is 28.3 Å². The number of carbonyl (C=O) groups is 1. The van der Waals surface area contributed by atoms with Crippen LogP contribution < -0.4 is 10.6 Å². The second-order valence-electron chi connectivity index (χ2n) is 3.99. The molecular formula is C12H16ClIN2O2. The van der Waals surface area contributed by atoms with Gasteiger partial charge in [0.1, 0.15) is 0 Å². The summed E-state index contributed by atoms with van der Waals surface area (Å²) in [7, 11) is 0. The van der Waals surface area contributed by atoms with Gasteiger partial charge >= 0.3 is 0 Å². The zero-order chi connectivity index (χ0) is 12.1. The van der Waals surface area contributed by atoms with Crippen molar-refractivity contribution in [2.75, 3.05) is 25.1 Å². The van der Waals surface area contributed by atoms with Crippen LogP contribution in [0.1, 0.15) is 6.42 Å². The van der Waals surface area contributed by atoms with E-state index in [9.17, 15) is 4.79 Å². The number of rotatable bonds is 3. The van der Waals surface area contributed by atoms with Gasteiger partial charge in [0.25, 0.3) is 0 Å². The first-order valence-electron chi connectivity index (χ1n) is 5.60. The Morgan fingerprint density at radius 2 is 2.17 bits per heavy atom. The minimum Gasteiger partial charge on any atom is -0.378 e. The Kier molecular flexibility index (Phi) is 6.91. The molecule has 6 heteroatoms. The summed E-state index contributed by atoms with van der Waals surface area (Å²) < 4.78 is 6.46. The lowest BCUT2D eigenvalue weighted by atomic mass is 10.2. The number of nitrogens with one attached hydrogen (secondary N) is 2. The van der Waals surface area contributed by atoms with Crippen molar-refractivity contribution in [3.8, 4) is 0 Å². The molecule has 0 spiro atoms. The van der Waals surface area contributed by atoms with E-state index in [-0.39, 0.29) is 24.4 Å². The first-order valence-corrected chi connectivity index (χ1v) is 6.68. The minimum absolute atomic E-state index is 0. The van der Waals surface area contributed by atoms with Crippen molar-refractivity contribution in [2.45, 2.75) is 12.5 Å². The van der Waals surface area contributed by atoms with E-state index in [0.717, 1.165) is 22.4 Å². The normalized spacial score (nSPS) is 18.8. The van der Waals surface area contributed by atoms with E-state index in [2.05, 4.69) is 33.2 Å². The van der Waals surface area contributed by atoms with E-state index < -0.39 is 0 Å². The number of hydrogen-bond acceptors (Lipinski definition) is 3. The van der Waals surface area contributed by atoms with Gasteiger partial charge in [0.2, 0.25) is 5.91 Å². The van der Waals surface area contributed by atoms with Crippen LogP contribution in [0, 0.1) is 3.57 Å². The van der Waals surface area contributed by atoms with Crippen molar-refractivity contribution < 1.29 is 9.53 Å². The molecule has 1 amide bonds. The van der Waals surface area contributed by atoms with Crippen LogP contribution in [0.15, 0.2) is 24.3 Å². The number of halogens is 2. The third-order valence-electron chi connectivity index (χ3n) is 2.56. The summed E-state index contributed by atoms with van der Waals surface area (Å²) >= 11 is 2.24. The predicted molar refractivity (Wildman–Crippen MR) is 82.3 cm³/mol. The van der Waals surface area contributed by atoms with Crippen LogP contribution in [0.2, 0.25) is 0 Å². The zero-order valence-electron chi connectivity index (χ0n) is 9.82. The number of hydrogen-bond donors (Lipinski definition) is 2. The number of amides is 1. The summed E-state index contributed by atoms with van der Waals surface area (Å²) in [4.78, 5) is 11.8. The number of carbonyl (C=O) groups excluding carboxylic acids is 1. The first-order chi connectivity index (χ1) is 8.24. The maximum Gasteiger partial charge on any atom is 0.226 e. The highest BCUT2D eigenvalue weighted by molar-refractivity contribution is 14.1. The lowest BCUT2D eigenvalue weighted by Gasteiger charge is -2.23. The molecule has 0 saturated carbocycles. The Balaban J connectivity index is 0.00000162. The quantitative estimate of drug-likeness (QED) is 0.787. The lowest BCUT2D eigenvalue weighted by Crippen LogP contribution is -2.43. The second-order valence-corrected chi connectivity index (χ2v) is 5.23. The third-order valence-corrected chi connectivity index (χ3v) is 3.28. The molecule has 2 rings (SSSR count). The highest BCUT2D eigenvalue weighted by Gasteiger charge is 2.16. The largest absolute Gasteiger partial charge is 0.378 e. The SMILES string of the molecule is Cl.O=C(CC1COCCN1)Nc1ccc(I)cc1. The molecule has 0 aliphatic carbocycles. The maximum atomic E-state index is 11.8. The molecule has 4 nitrogen and oxygen atoms in total. The monoisotopic (exact) mass is 382 g/mol. The summed E-state index contributed by atoms with van der Waals surface area (Å²) in [6.07, 6.45) is 0.450. The van der Waals surface area contributed by atoms with E-state index in [1.54, 1.807) is 0 Å². The van der Waals surface area contributed by atoms with Gasteiger partial charge in [0.15, 0.2) is 0 Å². The molecule has 0 bridgehead atoms. The lowest BCUT2D eigenvalue weighted by molar-refractivity contribution is -0.117. The van der Waals surface area contributed by atoms with Crippen molar-refractivity contribution >= 4 is 46.6 Å². The fourth-order valence-corrected chi connectivity index (χ4v) is 2.08. The van der Waals surface area contributed by atoms with Gasteiger partial charge in [-0.15, -0.1) is 12.4 Å². The second kappa shape index (κ2) is 7.93. The molecule has 1 aromatic carbocycles. The molecule has 1 atom stereocenters. The summed E-state index contributed by atoms with van der Waals surface area (Å²) in [6, 6.07) is 7.89. The van der Waals surface area contributed by atoms with Gasteiger partial charge in [-0.3, -0.25) is 4.79 Å². The fraction of sp³-hybridized carbons (Fsp3) is 0.417. The first kappa shape index (κ1) is 15.7. The molecule has 0 radical (unpaired) electrons. The van der Waals surface area contributed by atoms with E-state index in [1.807, 2.05) is 24.3 Å². The van der Waals surface area contributed by atoms with E-state index in [0.29, 0.717) is 13.0 Å². The van der Waals surface area contributed by atoms with Crippen molar-refractivity contribution in [3.63, 3.8) is 0 Å². The number of anilines is 1. The van der Waals surface area contributed by atoms with Crippen LogP contribution in [0.25, 0.3) is 0 Å². The molecule has 1 aromatic rings. The molecule has 1 aliphatic rings. The van der Waals surface area contributed by atoms with E-state index >= 15 is 0 Å². The highest BCUT2D eigenvalue weighted by Crippen LogP contribution is 2.11. The predicted octanol–water partition coefficient (Wildman–Crippen LogP) is 2.03. The van der Waals surface area contributed by atoms with Crippen LogP contribution in [-0.4, -0.2) is 31.7 Å². The smallest absolute Gasteiger partial charge is 0.226 e. The number of ether oxygens (including phenoxy) is 1. The Morgan fingerprint density at radius 3 is 2.78 bits per heavy atom. The molecule has 1 aliphatic heterocycles. The Labute approximate surface area is 126 Å². The Hall–Kier alpha value is -0.370. The summed E-state index contributed by atoms with van der Waals surface area (Å²) in [5.74, 6) is 0.0224. The molecular weight excluding hydrogens is 367 g/mol. The molecule has 0 aromatic heterocycles. The van der Waals surface area contributed by atoms with Crippen LogP contribution in [-0.2, 0) is 9.53 Å². The fourth-order valence-electron chi connectivity index (χ4n) is 1.72. The number of benzene rings is 1. The summed E-state index contributed by atoms with van der Waals surface area (Å²) in [5, 5.41) is 6.14. The maximum absolute atomic E-state index is 11.8. The Bertz CT molecular complexity index is 380. The summed E-state index contributed by atoms with van der Waals surface area (Å²) in [5.41, 5.74) is 0.840. The average molecular weight is 383 g/mol. The van der Waals surface area contributed by atoms with Crippen LogP contribution in [0.5, 0.6) is 0 Å². The number of morpholine rings is 1. The molecule has 100 valence electrons. The third kappa shape index (κ3) is 5.09. The van der Waals surface area contributed by atoms with Gasteiger partial charge < -0.3 is 15.4 Å². The van der Waals surface area contributed by atoms with Crippen molar-refractivity contribution in [3.05, 3.63) is 27.8 Å². The van der Waals surface area contributed by atoms with Gasteiger partial charge in [-0.05, 0) is 46.9 Å². The molecule has 1 saturated heterocycles. The molecule has 2 N–H and O–H groups in total. The zero-order valence-corrected chi connectivity index (χ0v) is 12.8. The van der Waals surface area contributed by atoms with Crippen molar-refractivity contribution in [1.29, 1.82) is 0 Å². The van der Waals surface area contributed by atoms with Crippen molar-refractivity contribution in [2.24, 2.45) is 0 Å². The van der Waals surface area contributed by atoms with Crippen LogP contribution in [0.4, 0.5) is 5.69 Å². The van der Waals surface area contributed by atoms with Gasteiger partial charge in [-0.2, -0.15) is 0 Å². The van der Waals surface area contributed by atoms with E-state index in [4.69, 9.17) is 4.74 Å². The van der Waals surface area contributed by atoms with Gasteiger partial charge in [0.05, 0.1) is 13.2 Å². The van der Waals surface area contributed by atoms with Gasteiger partial charge in [-0.25, -0.2) is 0 Å². The van der Waals surface area contributed by atoms with Crippen LogP contribution >= 0.6 is 35.0 Å². The molecule has 1 unspecified atom stereocenters. The van der Waals surface area contributed by atoms with Crippen molar-refractivity contribution in [1.82, 2.24) is 5.32 Å². The standard InChI is InChI=1S/C12H15IN2O2.ClH/c13-9-1-3-10(4-2-9)15-12(16)7-11-8-17-6-5-14-11;/h1-4,11,14H,5-8H2,(H,15,16);1H. The van der Waals surface area contributed by atoms with Gasteiger partial charge in [-0.1, -0.05) is 0 Å². The minimum atomic E-state index is 0. The molecule has 18 heavy (non-hydrogen) atoms. The Morgan fingerprint density at radius 1 is 1.44 bits per heavy atom. The summed E-state index contributed by atoms with van der Waals surface area (Å²) in [6.45, 7) is 2.16. The topological polar surface area (TPSA) is 50.4 Å².